The van der Waals surface area contributed by atoms with Crippen LogP contribution in [0.1, 0.15) is 10.4 Å². The lowest BCUT2D eigenvalue weighted by Crippen LogP contribution is -2.14. The van der Waals surface area contributed by atoms with E-state index >= 15 is 0 Å². The van der Waals surface area contributed by atoms with Crippen molar-refractivity contribution in [3.8, 4) is 0 Å². The molecule has 0 fully saturated rings. The normalized spacial score (nSPS) is 10.3. The number of nitrogens with zero attached hydrogens (tertiary/aromatic N) is 1. The van der Waals surface area contributed by atoms with Crippen LogP contribution in [0.5, 0.6) is 0 Å². The molecular formula is C21H16FN3O4S. The summed E-state index contributed by atoms with van der Waals surface area (Å²) in [6.45, 7) is 0. The minimum Gasteiger partial charge on any atom is -0.325 e. The van der Waals surface area contributed by atoms with E-state index < -0.39 is 10.8 Å². The Balaban J connectivity index is 1.56. The number of rotatable bonds is 7. The van der Waals surface area contributed by atoms with Crippen molar-refractivity contribution in [2.75, 3.05) is 16.4 Å². The van der Waals surface area contributed by atoms with E-state index in [0.717, 1.165) is 4.90 Å². The molecule has 0 spiro atoms. The second kappa shape index (κ2) is 9.66. The quantitative estimate of drug-likeness (QED) is 0.324. The third-order valence-corrected chi connectivity index (χ3v) is 4.92. The van der Waals surface area contributed by atoms with Crippen LogP contribution < -0.4 is 10.6 Å². The molecule has 0 unspecified atom stereocenters. The number of halogens is 1. The van der Waals surface area contributed by atoms with Crippen molar-refractivity contribution in [1.29, 1.82) is 0 Å². The maximum absolute atomic E-state index is 12.9. The minimum absolute atomic E-state index is 0.0936. The molecule has 0 saturated carbocycles. The number of amides is 2. The molecule has 30 heavy (non-hydrogen) atoms. The van der Waals surface area contributed by atoms with Crippen LogP contribution in [0.2, 0.25) is 0 Å². The summed E-state index contributed by atoms with van der Waals surface area (Å²) in [6, 6.07) is 17.7. The fourth-order valence-electron chi connectivity index (χ4n) is 2.48. The summed E-state index contributed by atoms with van der Waals surface area (Å²) in [7, 11) is 0. The number of carbonyl (C=O) groups excluding carboxylic acids is 2. The zero-order chi connectivity index (χ0) is 21.5. The fourth-order valence-corrected chi connectivity index (χ4v) is 3.24. The molecule has 2 amide bonds. The van der Waals surface area contributed by atoms with Gasteiger partial charge in [0.1, 0.15) is 5.82 Å². The highest BCUT2D eigenvalue weighted by Gasteiger charge is 2.10. The summed E-state index contributed by atoms with van der Waals surface area (Å²) in [4.78, 5) is 35.3. The van der Waals surface area contributed by atoms with E-state index in [1.807, 2.05) is 0 Å². The van der Waals surface area contributed by atoms with Crippen molar-refractivity contribution in [1.82, 2.24) is 0 Å². The van der Waals surface area contributed by atoms with Crippen molar-refractivity contribution < 1.29 is 18.9 Å². The molecule has 3 rings (SSSR count). The van der Waals surface area contributed by atoms with Crippen molar-refractivity contribution in [3.05, 3.63) is 94.3 Å². The summed E-state index contributed by atoms with van der Waals surface area (Å²) in [5.41, 5.74) is 1.23. The number of nitro benzene ring substituents is 1. The Morgan fingerprint density at radius 1 is 0.933 bits per heavy atom. The van der Waals surface area contributed by atoms with Crippen LogP contribution in [0.15, 0.2) is 77.7 Å². The van der Waals surface area contributed by atoms with Crippen molar-refractivity contribution in [3.63, 3.8) is 0 Å². The molecule has 0 atom stereocenters. The fraction of sp³-hybridized carbons (Fsp3) is 0.0476. The van der Waals surface area contributed by atoms with E-state index in [4.69, 9.17) is 0 Å². The highest BCUT2D eigenvalue weighted by Crippen LogP contribution is 2.23. The van der Waals surface area contributed by atoms with Crippen molar-refractivity contribution in [2.45, 2.75) is 4.90 Å². The van der Waals surface area contributed by atoms with Gasteiger partial charge in [-0.15, -0.1) is 11.8 Å². The number of hydrogen-bond donors (Lipinski definition) is 2. The predicted octanol–water partition coefficient (Wildman–Crippen LogP) is 4.72. The molecule has 0 radical (unpaired) electrons. The van der Waals surface area contributed by atoms with Gasteiger partial charge in [0, 0.05) is 34.0 Å². The van der Waals surface area contributed by atoms with E-state index in [1.54, 1.807) is 24.3 Å². The van der Waals surface area contributed by atoms with Gasteiger partial charge in [0.15, 0.2) is 0 Å². The molecule has 7 nitrogen and oxygen atoms in total. The Bertz CT molecular complexity index is 1070. The van der Waals surface area contributed by atoms with Crippen LogP contribution in [-0.4, -0.2) is 22.5 Å². The molecule has 2 N–H and O–H groups in total. The smallest absolute Gasteiger partial charge is 0.269 e. The standard InChI is InChI=1S/C21H16FN3O4S/c22-15-6-8-16(9-7-15)23-20(26)13-30-19-3-1-2-17(12-19)24-21(27)14-4-10-18(11-5-14)25(28)29/h1-12H,13H2,(H,23,26)(H,24,27). The van der Waals surface area contributed by atoms with E-state index in [-0.39, 0.29) is 28.7 Å². The minimum atomic E-state index is -0.533. The zero-order valence-electron chi connectivity index (χ0n) is 15.5. The lowest BCUT2D eigenvalue weighted by atomic mass is 10.2. The number of hydrogen-bond acceptors (Lipinski definition) is 5. The largest absolute Gasteiger partial charge is 0.325 e. The van der Waals surface area contributed by atoms with Gasteiger partial charge in [-0.2, -0.15) is 0 Å². The molecule has 0 bridgehead atoms. The van der Waals surface area contributed by atoms with Gasteiger partial charge in [-0.3, -0.25) is 19.7 Å². The first kappa shape index (κ1) is 21.0. The molecule has 0 heterocycles. The van der Waals surface area contributed by atoms with Crippen molar-refractivity contribution in [2.24, 2.45) is 0 Å². The third kappa shape index (κ3) is 5.89. The van der Waals surface area contributed by atoms with Crippen LogP contribution in [-0.2, 0) is 4.79 Å². The van der Waals surface area contributed by atoms with Crippen LogP contribution in [0.25, 0.3) is 0 Å². The number of non-ortho nitro benzene ring substituents is 1. The first-order valence-electron chi connectivity index (χ1n) is 8.75. The van der Waals surface area contributed by atoms with Gasteiger partial charge in [-0.1, -0.05) is 6.07 Å². The van der Waals surface area contributed by atoms with E-state index in [2.05, 4.69) is 10.6 Å². The molecule has 152 valence electrons. The Morgan fingerprint density at radius 3 is 2.30 bits per heavy atom. The summed E-state index contributed by atoms with van der Waals surface area (Å²) in [5, 5.41) is 16.1. The predicted molar refractivity (Wildman–Crippen MR) is 113 cm³/mol. The van der Waals surface area contributed by atoms with Gasteiger partial charge in [-0.25, -0.2) is 4.39 Å². The topological polar surface area (TPSA) is 101 Å². The molecule has 0 aliphatic carbocycles. The second-order valence-corrected chi connectivity index (χ2v) is 7.18. The highest BCUT2D eigenvalue weighted by atomic mass is 32.2. The zero-order valence-corrected chi connectivity index (χ0v) is 16.3. The Labute approximate surface area is 175 Å². The van der Waals surface area contributed by atoms with Gasteiger partial charge < -0.3 is 10.6 Å². The maximum Gasteiger partial charge on any atom is 0.269 e. The molecule has 0 aliphatic rings. The number of carbonyl (C=O) groups is 2. The van der Waals surface area contributed by atoms with Gasteiger partial charge in [-0.05, 0) is 54.6 Å². The lowest BCUT2D eigenvalue weighted by Gasteiger charge is -2.08. The van der Waals surface area contributed by atoms with E-state index in [1.165, 1.54) is 60.3 Å². The summed E-state index contributed by atoms with van der Waals surface area (Å²) in [6.07, 6.45) is 0. The summed E-state index contributed by atoms with van der Waals surface area (Å²) < 4.78 is 12.9. The lowest BCUT2D eigenvalue weighted by molar-refractivity contribution is -0.384. The number of anilines is 2. The van der Waals surface area contributed by atoms with Crippen LogP contribution in [0, 0.1) is 15.9 Å². The van der Waals surface area contributed by atoms with Crippen LogP contribution in [0.3, 0.4) is 0 Å². The number of nitro groups is 1. The number of thioether (sulfide) groups is 1. The van der Waals surface area contributed by atoms with Gasteiger partial charge in [0.25, 0.3) is 11.6 Å². The average Bonchev–Trinajstić information content (AvgIpc) is 2.74. The SMILES string of the molecule is O=C(CSc1cccc(NC(=O)c2ccc([N+](=O)[O-])cc2)c1)Nc1ccc(F)cc1. The molecular weight excluding hydrogens is 409 g/mol. The van der Waals surface area contributed by atoms with Crippen LogP contribution >= 0.6 is 11.8 Å². The monoisotopic (exact) mass is 425 g/mol. The van der Waals surface area contributed by atoms with Gasteiger partial charge in [0.2, 0.25) is 5.91 Å². The van der Waals surface area contributed by atoms with E-state index in [9.17, 15) is 24.1 Å². The Hall–Kier alpha value is -3.72. The first-order valence-corrected chi connectivity index (χ1v) is 9.73. The number of benzene rings is 3. The molecule has 3 aromatic carbocycles. The second-order valence-electron chi connectivity index (χ2n) is 6.13. The molecule has 9 heteroatoms. The first-order chi connectivity index (χ1) is 14.4. The Kier molecular flexibility index (Phi) is 6.76. The molecule has 0 saturated heterocycles. The molecule has 0 aliphatic heterocycles. The summed E-state index contributed by atoms with van der Waals surface area (Å²) >= 11 is 1.28. The van der Waals surface area contributed by atoms with Crippen molar-refractivity contribution >= 4 is 40.6 Å². The molecule has 0 aromatic heterocycles. The third-order valence-electron chi connectivity index (χ3n) is 3.93. The van der Waals surface area contributed by atoms with Crippen LogP contribution in [0.4, 0.5) is 21.5 Å². The average molecular weight is 425 g/mol. The highest BCUT2D eigenvalue weighted by molar-refractivity contribution is 8.00. The maximum atomic E-state index is 12.9. The van der Waals surface area contributed by atoms with Gasteiger partial charge >= 0.3 is 0 Å². The Morgan fingerprint density at radius 2 is 1.63 bits per heavy atom. The number of nitrogens with one attached hydrogen (secondary N) is 2. The van der Waals surface area contributed by atoms with E-state index in [0.29, 0.717) is 11.4 Å². The summed E-state index contributed by atoms with van der Waals surface area (Å²) in [5.74, 6) is -0.889. The molecule has 3 aromatic rings. The van der Waals surface area contributed by atoms with Gasteiger partial charge in [0.05, 0.1) is 10.7 Å².